The quantitative estimate of drug-likeness (QED) is 0.652. The van der Waals surface area contributed by atoms with Gasteiger partial charge in [-0.05, 0) is 48.9 Å². The maximum atomic E-state index is 6.58. The van der Waals surface area contributed by atoms with E-state index >= 15 is 0 Å². The van der Waals surface area contributed by atoms with E-state index in [2.05, 4.69) is 19.1 Å². The first-order chi connectivity index (χ1) is 13.1. The first-order valence-corrected chi connectivity index (χ1v) is 8.79. The second-order valence-corrected chi connectivity index (χ2v) is 6.64. The molecular formula is C23H22O4. The first-order valence-electron chi connectivity index (χ1n) is 8.79. The fraction of sp³-hybridized carbons (Fsp3) is 0.217. The van der Waals surface area contributed by atoms with Gasteiger partial charge in [0.1, 0.15) is 23.0 Å². The number of methoxy groups -OCH3 is 3. The standard InChI is InChI=1S/C23H22O4/c1-23(15-6-5-7-16(12-15)24-2)21-13-17(25-3)8-10-19(21)20-11-9-18(26-4)14-22(20)27-23/h5-14H,1-4H3. The minimum atomic E-state index is -0.697. The molecule has 0 bridgehead atoms. The Balaban J connectivity index is 1.97. The molecule has 27 heavy (non-hydrogen) atoms. The van der Waals surface area contributed by atoms with Crippen LogP contribution in [0.4, 0.5) is 0 Å². The summed E-state index contributed by atoms with van der Waals surface area (Å²) >= 11 is 0. The molecule has 0 saturated heterocycles. The van der Waals surface area contributed by atoms with Crippen molar-refractivity contribution in [3.8, 4) is 34.1 Å². The van der Waals surface area contributed by atoms with Crippen LogP contribution in [0.2, 0.25) is 0 Å². The fourth-order valence-corrected chi connectivity index (χ4v) is 3.63. The van der Waals surface area contributed by atoms with Crippen molar-refractivity contribution in [1.29, 1.82) is 0 Å². The van der Waals surface area contributed by atoms with Gasteiger partial charge in [-0.1, -0.05) is 18.2 Å². The van der Waals surface area contributed by atoms with E-state index in [1.54, 1.807) is 21.3 Å². The minimum Gasteiger partial charge on any atom is -0.497 e. The number of hydrogen-bond acceptors (Lipinski definition) is 4. The monoisotopic (exact) mass is 362 g/mol. The molecule has 0 N–H and O–H groups in total. The Morgan fingerprint density at radius 1 is 0.704 bits per heavy atom. The van der Waals surface area contributed by atoms with Gasteiger partial charge in [0.25, 0.3) is 0 Å². The van der Waals surface area contributed by atoms with E-state index < -0.39 is 5.60 Å². The fourth-order valence-electron chi connectivity index (χ4n) is 3.63. The lowest BCUT2D eigenvalue weighted by Gasteiger charge is -2.38. The molecule has 0 amide bonds. The van der Waals surface area contributed by atoms with Gasteiger partial charge in [0, 0.05) is 22.8 Å². The van der Waals surface area contributed by atoms with Gasteiger partial charge in [0.2, 0.25) is 0 Å². The van der Waals surface area contributed by atoms with E-state index in [1.807, 2.05) is 48.5 Å². The Hall–Kier alpha value is -3.14. The Bertz CT molecular complexity index is 995. The summed E-state index contributed by atoms with van der Waals surface area (Å²) in [4.78, 5) is 0. The molecule has 0 spiro atoms. The molecule has 3 aromatic rings. The lowest BCUT2D eigenvalue weighted by molar-refractivity contribution is 0.128. The zero-order valence-electron chi connectivity index (χ0n) is 15.9. The van der Waals surface area contributed by atoms with E-state index in [0.717, 1.165) is 45.3 Å². The summed E-state index contributed by atoms with van der Waals surface area (Å²) in [5.74, 6) is 3.14. The summed E-state index contributed by atoms with van der Waals surface area (Å²) in [5, 5.41) is 0. The summed E-state index contributed by atoms with van der Waals surface area (Å²) in [6.45, 7) is 2.07. The predicted molar refractivity (Wildman–Crippen MR) is 105 cm³/mol. The Kier molecular flexibility index (Phi) is 4.19. The number of ether oxygens (including phenoxy) is 4. The molecule has 1 unspecified atom stereocenters. The Morgan fingerprint density at radius 2 is 1.33 bits per heavy atom. The van der Waals surface area contributed by atoms with Crippen molar-refractivity contribution in [1.82, 2.24) is 0 Å². The second-order valence-electron chi connectivity index (χ2n) is 6.64. The summed E-state index contributed by atoms with van der Waals surface area (Å²) in [7, 11) is 5.00. The molecule has 1 heterocycles. The normalized spacial score (nSPS) is 17.3. The first kappa shape index (κ1) is 17.3. The lowest BCUT2D eigenvalue weighted by Crippen LogP contribution is -2.34. The molecule has 4 heteroatoms. The van der Waals surface area contributed by atoms with Crippen LogP contribution < -0.4 is 18.9 Å². The van der Waals surface area contributed by atoms with Crippen LogP contribution in [-0.4, -0.2) is 21.3 Å². The van der Waals surface area contributed by atoms with Crippen molar-refractivity contribution >= 4 is 0 Å². The molecule has 4 nitrogen and oxygen atoms in total. The van der Waals surface area contributed by atoms with Crippen LogP contribution in [0.15, 0.2) is 60.7 Å². The number of hydrogen-bond donors (Lipinski definition) is 0. The van der Waals surface area contributed by atoms with Crippen molar-refractivity contribution in [3.05, 3.63) is 71.8 Å². The molecule has 1 aliphatic rings. The van der Waals surface area contributed by atoms with Crippen molar-refractivity contribution in [3.63, 3.8) is 0 Å². The summed E-state index contributed by atoms with van der Waals surface area (Å²) < 4.78 is 22.9. The SMILES string of the molecule is COc1cccc(C2(C)Oc3cc(OC)ccc3-c3ccc(OC)cc32)c1. The Labute approximate surface area is 159 Å². The summed E-state index contributed by atoms with van der Waals surface area (Å²) in [5.41, 5.74) is 3.51. The molecule has 0 aliphatic carbocycles. The van der Waals surface area contributed by atoms with Crippen LogP contribution in [0, 0.1) is 0 Å². The van der Waals surface area contributed by atoms with Gasteiger partial charge in [-0.3, -0.25) is 0 Å². The number of rotatable bonds is 4. The molecule has 138 valence electrons. The van der Waals surface area contributed by atoms with E-state index in [0.29, 0.717) is 0 Å². The van der Waals surface area contributed by atoms with Gasteiger partial charge in [-0.2, -0.15) is 0 Å². The average molecular weight is 362 g/mol. The molecule has 4 rings (SSSR count). The zero-order valence-corrected chi connectivity index (χ0v) is 15.9. The van der Waals surface area contributed by atoms with Crippen molar-refractivity contribution in [2.45, 2.75) is 12.5 Å². The van der Waals surface area contributed by atoms with E-state index in [9.17, 15) is 0 Å². The highest BCUT2D eigenvalue weighted by molar-refractivity contribution is 5.79. The topological polar surface area (TPSA) is 36.9 Å². The van der Waals surface area contributed by atoms with Gasteiger partial charge < -0.3 is 18.9 Å². The summed E-state index contributed by atoms with van der Waals surface area (Å²) in [6.07, 6.45) is 0. The zero-order chi connectivity index (χ0) is 19.0. The van der Waals surface area contributed by atoms with Crippen LogP contribution in [0.1, 0.15) is 18.1 Å². The van der Waals surface area contributed by atoms with Crippen LogP contribution >= 0.6 is 0 Å². The summed E-state index contributed by atoms with van der Waals surface area (Å²) in [6, 6.07) is 20.0. The molecule has 0 saturated carbocycles. The van der Waals surface area contributed by atoms with Crippen LogP contribution in [0.25, 0.3) is 11.1 Å². The molecule has 1 atom stereocenters. The second kappa shape index (κ2) is 6.54. The van der Waals surface area contributed by atoms with Gasteiger partial charge >= 0.3 is 0 Å². The van der Waals surface area contributed by atoms with Crippen LogP contribution in [-0.2, 0) is 5.60 Å². The van der Waals surface area contributed by atoms with Gasteiger partial charge in [-0.15, -0.1) is 0 Å². The third kappa shape index (κ3) is 2.78. The molecule has 0 radical (unpaired) electrons. The number of fused-ring (bicyclic) bond motifs is 3. The van der Waals surface area contributed by atoms with Gasteiger partial charge in [-0.25, -0.2) is 0 Å². The van der Waals surface area contributed by atoms with E-state index in [1.165, 1.54) is 0 Å². The minimum absolute atomic E-state index is 0.697. The van der Waals surface area contributed by atoms with E-state index in [4.69, 9.17) is 18.9 Å². The molecule has 3 aromatic carbocycles. The molecule has 0 fully saturated rings. The van der Waals surface area contributed by atoms with Crippen molar-refractivity contribution in [2.75, 3.05) is 21.3 Å². The highest BCUT2D eigenvalue weighted by Gasteiger charge is 2.39. The Morgan fingerprint density at radius 3 is 2.04 bits per heavy atom. The van der Waals surface area contributed by atoms with Crippen molar-refractivity contribution in [2.24, 2.45) is 0 Å². The van der Waals surface area contributed by atoms with Crippen LogP contribution in [0.5, 0.6) is 23.0 Å². The molecule has 0 aromatic heterocycles. The highest BCUT2D eigenvalue weighted by Crippen LogP contribution is 2.50. The van der Waals surface area contributed by atoms with Gasteiger partial charge in [0.05, 0.1) is 21.3 Å². The maximum Gasteiger partial charge on any atom is 0.157 e. The van der Waals surface area contributed by atoms with Crippen LogP contribution in [0.3, 0.4) is 0 Å². The van der Waals surface area contributed by atoms with Gasteiger partial charge in [0.15, 0.2) is 5.60 Å². The molecular weight excluding hydrogens is 340 g/mol. The lowest BCUT2D eigenvalue weighted by atomic mass is 9.80. The van der Waals surface area contributed by atoms with E-state index in [-0.39, 0.29) is 0 Å². The average Bonchev–Trinajstić information content (AvgIpc) is 2.73. The largest absolute Gasteiger partial charge is 0.497 e. The number of benzene rings is 3. The molecule has 1 aliphatic heterocycles. The highest BCUT2D eigenvalue weighted by atomic mass is 16.5. The predicted octanol–water partition coefficient (Wildman–Crippen LogP) is 5.04. The maximum absolute atomic E-state index is 6.58. The third-order valence-electron chi connectivity index (χ3n) is 5.15. The third-order valence-corrected chi connectivity index (χ3v) is 5.15. The smallest absolute Gasteiger partial charge is 0.157 e. The van der Waals surface area contributed by atoms with Crippen molar-refractivity contribution < 1.29 is 18.9 Å².